The van der Waals surface area contributed by atoms with Gasteiger partial charge in [0.15, 0.2) is 0 Å². The van der Waals surface area contributed by atoms with Crippen LogP contribution in [0.25, 0.3) is 57.7 Å². The average molecular weight is 847 g/mol. The van der Waals surface area contributed by atoms with Gasteiger partial charge in [0.1, 0.15) is 0 Å². The molecule has 334 valence electrons. The lowest BCUT2D eigenvalue weighted by atomic mass is 9.94. The van der Waals surface area contributed by atoms with E-state index in [1.165, 1.54) is 206 Å². The van der Waals surface area contributed by atoms with Gasteiger partial charge in [-0.1, -0.05) is 263 Å². The number of hydrogen-bond donors (Lipinski definition) is 0. The molecule has 0 saturated heterocycles. The molecular formula is C64H78. The van der Waals surface area contributed by atoms with Gasteiger partial charge in [0, 0.05) is 0 Å². The quantitative estimate of drug-likeness (QED) is 0.0358. The van der Waals surface area contributed by atoms with Crippen molar-refractivity contribution in [1.82, 2.24) is 0 Å². The summed E-state index contributed by atoms with van der Waals surface area (Å²) in [4.78, 5) is 0. The van der Waals surface area contributed by atoms with Gasteiger partial charge in [0.2, 0.25) is 0 Å². The van der Waals surface area contributed by atoms with E-state index in [0.29, 0.717) is 0 Å². The zero-order valence-corrected chi connectivity index (χ0v) is 40.2. The fraction of sp³-hybridized carbons (Fsp3) is 0.375. The SMILES string of the molecule is CCCCCCc1cc(CCCCCC)cc(-c2ccc(/C=C/c3ccc(-c4ccc(/C=C/c5ccc(-c6cc(CCCCCC)cc(CCCCCC)c6)cc5)cc4)cc3)cc2)c1. The first-order valence-corrected chi connectivity index (χ1v) is 25.6. The summed E-state index contributed by atoms with van der Waals surface area (Å²) in [5.41, 5.74) is 18.7. The van der Waals surface area contributed by atoms with E-state index in [4.69, 9.17) is 0 Å². The lowest BCUT2D eigenvalue weighted by molar-refractivity contribution is 0.661. The van der Waals surface area contributed by atoms with Gasteiger partial charge in [0.05, 0.1) is 0 Å². The minimum absolute atomic E-state index is 1.18. The Kier molecular flexibility index (Phi) is 20.5. The van der Waals surface area contributed by atoms with E-state index < -0.39 is 0 Å². The molecule has 0 spiro atoms. The van der Waals surface area contributed by atoms with Crippen LogP contribution in [-0.2, 0) is 25.7 Å². The van der Waals surface area contributed by atoms with Gasteiger partial charge < -0.3 is 0 Å². The molecule has 0 aromatic heterocycles. The van der Waals surface area contributed by atoms with Crippen LogP contribution in [0.1, 0.15) is 175 Å². The van der Waals surface area contributed by atoms with E-state index >= 15 is 0 Å². The molecule has 0 aliphatic carbocycles. The van der Waals surface area contributed by atoms with E-state index in [0.717, 1.165) is 0 Å². The monoisotopic (exact) mass is 847 g/mol. The topological polar surface area (TPSA) is 0 Å². The summed E-state index contributed by atoms with van der Waals surface area (Å²) in [5, 5.41) is 0. The number of aryl methyl sites for hydroxylation is 4. The highest BCUT2D eigenvalue weighted by Gasteiger charge is 2.08. The van der Waals surface area contributed by atoms with Gasteiger partial charge in [-0.15, -0.1) is 0 Å². The van der Waals surface area contributed by atoms with Gasteiger partial charge in [-0.3, -0.25) is 0 Å². The second-order valence-corrected chi connectivity index (χ2v) is 18.5. The third kappa shape index (κ3) is 16.1. The van der Waals surface area contributed by atoms with Gasteiger partial charge in [-0.2, -0.15) is 0 Å². The van der Waals surface area contributed by atoms with Crippen LogP contribution >= 0.6 is 0 Å². The predicted octanol–water partition coefficient (Wildman–Crippen LogP) is 19.5. The summed E-state index contributed by atoms with van der Waals surface area (Å²) in [6.45, 7) is 9.18. The standard InChI is InChI=1S/C64H78/c1-5-9-13-17-21-55-45-56(22-18-14-10-6-2)48-63(47-55)61-41-33-53(34-42-61)27-25-51-29-37-59(38-30-51)60-39-31-52(32-40-60)26-28-54-35-43-62(44-36-54)64-49-57(23-19-15-11-7-3)46-58(50-64)24-20-16-12-8-4/h25-50H,5-24H2,1-4H3/b27-25+,28-26+. The van der Waals surface area contributed by atoms with E-state index in [2.05, 4.69) is 185 Å². The molecule has 64 heavy (non-hydrogen) atoms. The zero-order valence-electron chi connectivity index (χ0n) is 40.2. The first-order chi connectivity index (χ1) is 31.5. The predicted molar refractivity (Wildman–Crippen MR) is 285 cm³/mol. The van der Waals surface area contributed by atoms with Crippen LogP contribution in [0.2, 0.25) is 0 Å². The molecule has 0 radical (unpaired) electrons. The van der Waals surface area contributed by atoms with Gasteiger partial charge in [-0.05, 0) is 129 Å². The summed E-state index contributed by atoms with van der Waals surface area (Å²) in [6, 6.07) is 50.9. The van der Waals surface area contributed by atoms with Crippen LogP contribution in [0.4, 0.5) is 0 Å². The van der Waals surface area contributed by atoms with Gasteiger partial charge >= 0.3 is 0 Å². The summed E-state index contributed by atoms with van der Waals surface area (Å²) >= 11 is 0. The molecule has 0 aliphatic rings. The maximum absolute atomic E-state index is 2.48. The lowest BCUT2D eigenvalue weighted by Gasteiger charge is -2.11. The fourth-order valence-electron chi connectivity index (χ4n) is 8.99. The third-order valence-corrected chi connectivity index (χ3v) is 13.0. The van der Waals surface area contributed by atoms with Crippen LogP contribution in [0.15, 0.2) is 133 Å². The maximum atomic E-state index is 2.48. The smallest absolute Gasteiger partial charge is 0.0179 e. The average Bonchev–Trinajstić information content (AvgIpc) is 3.34. The summed E-state index contributed by atoms with van der Waals surface area (Å²) in [5.74, 6) is 0. The van der Waals surface area contributed by atoms with Gasteiger partial charge in [-0.25, -0.2) is 0 Å². The Bertz CT molecular complexity index is 2050. The molecule has 0 N–H and O–H groups in total. The number of hydrogen-bond acceptors (Lipinski definition) is 0. The zero-order chi connectivity index (χ0) is 44.6. The van der Waals surface area contributed by atoms with Gasteiger partial charge in [0.25, 0.3) is 0 Å². The van der Waals surface area contributed by atoms with Crippen molar-refractivity contribution in [3.8, 4) is 33.4 Å². The van der Waals surface area contributed by atoms with E-state index in [1.807, 2.05) is 0 Å². The molecule has 0 saturated carbocycles. The second kappa shape index (κ2) is 27.2. The molecule has 6 aromatic rings. The molecule has 0 heteroatoms. The molecule has 0 atom stereocenters. The number of unbranched alkanes of at least 4 members (excludes halogenated alkanes) is 12. The van der Waals surface area contributed by atoms with Crippen LogP contribution in [0.3, 0.4) is 0 Å². The van der Waals surface area contributed by atoms with Crippen LogP contribution in [0.5, 0.6) is 0 Å². The summed E-state index contributed by atoms with van der Waals surface area (Å²) < 4.78 is 0. The van der Waals surface area contributed by atoms with Crippen molar-refractivity contribution in [3.63, 3.8) is 0 Å². The Morgan fingerprint density at radius 2 is 0.453 bits per heavy atom. The molecule has 6 aromatic carbocycles. The Hall–Kier alpha value is -5.20. The highest BCUT2D eigenvalue weighted by Crippen LogP contribution is 2.29. The molecule has 0 fully saturated rings. The minimum atomic E-state index is 1.18. The first kappa shape index (κ1) is 48.3. The van der Waals surface area contributed by atoms with Crippen molar-refractivity contribution in [2.24, 2.45) is 0 Å². The van der Waals surface area contributed by atoms with Crippen molar-refractivity contribution >= 4 is 24.3 Å². The van der Waals surface area contributed by atoms with E-state index in [-0.39, 0.29) is 0 Å². The molecule has 0 amide bonds. The normalized spacial score (nSPS) is 11.6. The molecule has 0 bridgehead atoms. The molecular weight excluding hydrogens is 769 g/mol. The molecule has 0 unspecified atom stereocenters. The van der Waals surface area contributed by atoms with Crippen molar-refractivity contribution in [3.05, 3.63) is 178 Å². The van der Waals surface area contributed by atoms with E-state index in [9.17, 15) is 0 Å². The van der Waals surface area contributed by atoms with Crippen molar-refractivity contribution < 1.29 is 0 Å². The molecule has 0 aliphatic heterocycles. The maximum Gasteiger partial charge on any atom is -0.0179 e. The number of rotatable bonds is 27. The molecule has 0 nitrogen and oxygen atoms in total. The van der Waals surface area contributed by atoms with Crippen molar-refractivity contribution in [2.75, 3.05) is 0 Å². The second-order valence-electron chi connectivity index (χ2n) is 18.5. The Morgan fingerprint density at radius 1 is 0.234 bits per heavy atom. The third-order valence-electron chi connectivity index (χ3n) is 13.0. The number of benzene rings is 6. The molecule has 0 heterocycles. The molecule has 6 rings (SSSR count). The summed E-state index contributed by atoms with van der Waals surface area (Å²) in [7, 11) is 0. The summed E-state index contributed by atoms with van der Waals surface area (Å²) in [6.07, 6.45) is 34.6. The largest absolute Gasteiger partial charge is 0.0654 e. The van der Waals surface area contributed by atoms with E-state index in [1.54, 1.807) is 0 Å². The highest BCUT2D eigenvalue weighted by molar-refractivity contribution is 5.76. The van der Waals surface area contributed by atoms with Crippen molar-refractivity contribution in [1.29, 1.82) is 0 Å². The van der Waals surface area contributed by atoms with Crippen LogP contribution < -0.4 is 0 Å². The Labute approximate surface area is 390 Å². The fourth-order valence-corrected chi connectivity index (χ4v) is 8.99. The Morgan fingerprint density at radius 3 is 0.672 bits per heavy atom. The Balaban J connectivity index is 1.04. The minimum Gasteiger partial charge on any atom is -0.0654 e. The van der Waals surface area contributed by atoms with Crippen molar-refractivity contribution in [2.45, 2.75) is 156 Å². The lowest BCUT2D eigenvalue weighted by Crippen LogP contribution is -1.93. The highest BCUT2D eigenvalue weighted by atomic mass is 14.1. The van der Waals surface area contributed by atoms with Crippen LogP contribution in [0, 0.1) is 0 Å². The first-order valence-electron chi connectivity index (χ1n) is 25.6. The van der Waals surface area contributed by atoms with Crippen LogP contribution in [-0.4, -0.2) is 0 Å².